The Morgan fingerprint density at radius 1 is 1.10 bits per heavy atom. The van der Waals surface area contributed by atoms with E-state index < -0.39 is 11.7 Å². The van der Waals surface area contributed by atoms with Crippen molar-refractivity contribution in [2.24, 2.45) is 0 Å². The highest BCUT2D eigenvalue weighted by Gasteiger charge is 2.31. The van der Waals surface area contributed by atoms with Gasteiger partial charge in [0.25, 0.3) is 0 Å². The third kappa shape index (κ3) is 3.29. The van der Waals surface area contributed by atoms with E-state index in [-0.39, 0.29) is 16.8 Å². The van der Waals surface area contributed by atoms with Crippen LogP contribution < -0.4 is 0 Å². The lowest BCUT2D eigenvalue weighted by Crippen LogP contribution is -2.16. The molecular formula is C14H13F3N2OS. The fraction of sp³-hybridized carbons (Fsp3) is 0.357. The number of hydrogen-bond donors (Lipinski definition) is 0. The van der Waals surface area contributed by atoms with Gasteiger partial charge in [-0.15, -0.1) is 5.10 Å². The molecule has 1 aromatic heterocycles. The van der Waals surface area contributed by atoms with E-state index in [1.54, 1.807) is 0 Å². The summed E-state index contributed by atoms with van der Waals surface area (Å²) in [6.07, 6.45) is -4.41. The molecule has 2 rings (SSSR count). The average Bonchev–Trinajstić information content (AvgIpc) is 2.86. The molecule has 0 unspecified atom stereocenters. The minimum absolute atomic E-state index is 0.194. The first-order chi connectivity index (χ1) is 9.60. The first-order valence-corrected chi connectivity index (χ1v) is 6.93. The van der Waals surface area contributed by atoms with Gasteiger partial charge in [0.15, 0.2) is 0 Å². The first-order valence-electron chi connectivity index (χ1n) is 6.15. The van der Waals surface area contributed by atoms with Gasteiger partial charge in [-0.25, -0.2) is 0 Å². The van der Waals surface area contributed by atoms with Crippen LogP contribution in [0.2, 0.25) is 0 Å². The fourth-order valence-corrected chi connectivity index (χ4v) is 2.61. The van der Waals surface area contributed by atoms with Crippen molar-refractivity contribution >= 4 is 17.3 Å². The number of ketones is 1. The highest BCUT2D eigenvalue weighted by molar-refractivity contribution is 7.08. The number of benzene rings is 1. The molecule has 1 heterocycles. The number of hydrogen-bond acceptors (Lipinski definition) is 4. The van der Waals surface area contributed by atoms with Crippen LogP contribution in [0.5, 0.6) is 0 Å². The number of aromatic nitrogens is 2. The van der Waals surface area contributed by atoms with Gasteiger partial charge in [-0.05, 0) is 23.7 Å². The molecule has 7 heteroatoms. The van der Waals surface area contributed by atoms with Crippen LogP contribution >= 0.6 is 11.5 Å². The molecule has 0 saturated carbocycles. The summed E-state index contributed by atoms with van der Waals surface area (Å²) in [4.78, 5) is 12.7. The standard InChI is InChI=1S/C14H13F3N2OS/c1-13(2,3)12-11(21-19-18-12)10(20)8-4-6-9(7-5-8)14(15,16)17/h4-7H,1-3H3. The molecule has 0 aliphatic heterocycles. The predicted molar refractivity (Wildman–Crippen MR) is 73.5 cm³/mol. The molecule has 1 aromatic carbocycles. The summed E-state index contributed by atoms with van der Waals surface area (Å²) >= 11 is 0.956. The molecule has 0 saturated heterocycles. The lowest BCUT2D eigenvalue weighted by Gasteiger charge is -2.16. The SMILES string of the molecule is CC(C)(C)c1nnsc1C(=O)c1ccc(C(F)(F)F)cc1. The molecule has 0 bridgehead atoms. The number of rotatable bonds is 2. The molecule has 0 aliphatic rings. The van der Waals surface area contributed by atoms with Crippen LogP contribution in [0.4, 0.5) is 13.2 Å². The van der Waals surface area contributed by atoms with Gasteiger partial charge in [-0.1, -0.05) is 37.4 Å². The third-order valence-electron chi connectivity index (χ3n) is 2.88. The number of carbonyl (C=O) groups excluding carboxylic acids is 1. The van der Waals surface area contributed by atoms with Crippen LogP contribution in [-0.4, -0.2) is 15.4 Å². The van der Waals surface area contributed by atoms with Crippen LogP contribution in [0.1, 0.15) is 47.3 Å². The van der Waals surface area contributed by atoms with Gasteiger partial charge in [-0.3, -0.25) is 4.79 Å². The van der Waals surface area contributed by atoms with Crippen molar-refractivity contribution in [2.75, 3.05) is 0 Å². The van der Waals surface area contributed by atoms with E-state index in [2.05, 4.69) is 9.59 Å². The van der Waals surface area contributed by atoms with Gasteiger partial charge in [0.05, 0.1) is 11.3 Å². The van der Waals surface area contributed by atoms with E-state index in [9.17, 15) is 18.0 Å². The average molecular weight is 314 g/mol. The van der Waals surface area contributed by atoms with Crippen molar-refractivity contribution in [1.82, 2.24) is 9.59 Å². The summed E-state index contributed by atoms with van der Waals surface area (Å²) in [7, 11) is 0. The fourth-order valence-electron chi connectivity index (χ4n) is 1.77. The van der Waals surface area contributed by atoms with Gasteiger partial charge in [0.2, 0.25) is 5.78 Å². The highest BCUT2D eigenvalue weighted by atomic mass is 32.1. The Balaban J connectivity index is 2.36. The summed E-state index contributed by atoms with van der Waals surface area (Å²) in [5.74, 6) is -0.358. The minimum atomic E-state index is -4.41. The molecular weight excluding hydrogens is 301 g/mol. The number of carbonyl (C=O) groups is 1. The second kappa shape index (κ2) is 5.22. The van der Waals surface area contributed by atoms with Crippen LogP contribution in [0.25, 0.3) is 0 Å². The maximum absolute atomic E-state index is 12.5. The molecule has 0 N–H and O–H groups in total. The Bertz CT molecular complexity index is 654. The lowest BCUT2D eigenvalue weighted by atomic mass is 9.90. The Hall–Kier alpha value is -1.76. The van der Waals surface area contributed by atoms with Gasteiger partial charge in [0, 0.05) is 11.0 Å². The van der Waals surface area contributed by atoms with E-state index in [0.717, 1.165) is 23.7 Å². The molecule has 0 fully saturated rings. The van der Waals surface area contributed by atoms with Crippen molar-refractivity contribution in [3.05, 3.63) is 46.0 Å². The zero-order valence-corrected chi connectivity index (χ0v) is 12.5. The molecule has 112 valence electrons. The molecule has 0 atom stereocenters. The maximum Gasteiger partial charge on any atom is 0.416 e. The molecule has 0 aliphatic carbocycles. The highest BCUT2D eigenvalue weighted by Crippen LogP contribution is 2.31. The van der Waals surface area contributed by atoms with Crippen LogP contribution in [0.15, 0.2) is 24.3 Å². The summed E-state index contributed by atoms with van der Waals surface area (Å²) in [5.41, 5.74) is -0.390. The van der Waals surface area contributed by atoms with Crippen molar-refractivity contribution in [2.45, 2.75) is 32.4 Å². The van der Waals surface area contributed by atoms with Crippen molar-refractivity contribution in [1.29, 1.82) is 0 Å². The first kappa shape index (κ1) is 15.6. The van der Waals surface area contributed by atoms with Crippen molar-refractivity contribution in [3.8, 4) is 0 Å². The molecule has 3 nitrogen and oxygen atoms in total. The molecule has 0 radical (unpaired) electrons. The molecule has 2 aromatic rings. The third-order valence-corrected chi connectivity index (χ3v) is 3.60. The number of nitrogens with zero attached hydrogens (tertiary/aromatic N) is 2. The van der Waals surface area contributed by atoms with E-state index in [4.69, 9.17) is 0 Å². The minimum Gasteiger partial charge on any atom is -0.288 e. The monoisotopic (exact) mass is 314 g/mol. The Labute approximate surface area is 124 Å². The molecule has 0 spiro atoms. The van der Waals surface area contributed by atoms with Gasteiger partial charge in [-0.2, -0.15) is 13.2 Å². The number of halogens is 3. The zero-order chi connectivity index (χ0) is 15.8. The second-order valence-electron chi connectivity index (χ2n) is 5.60. The van der Waals surface area contributed by atoms with Gasteiger partial charge >= 0.3 is 6.18 Å². The van der Waals surface area contributed by atoms with E-state index in [1.165, 1.54) is 12.1 Å². The normalized spacial score (nSPS) is 12.5. The largest absolute Gasteiger partial charge is 0.416 e. The smallest absolute Gasteiger partial charge is 0.288 e. The lowest BCUT2D eigenvalue weighted by molar-refractivity contribution is -0.137. The van der Waals surface area contributed by atoms with Gasteiger partial charge < -0.3 is 0 Å². The Morgan fingerprint density at radius 2 is 1.67 bits per heavy atom. The summed E-state index contributed by atoms with van der Waals surface area (Å²) in [6, 6.07) is 4.16. The predicted octanol–water partition coefficient (Wildman–Crippen LogP) is 4.09. The van der Waals surface area contributed by atoms with Crippen molar-refractivity contribution < 1.29 is 18.0 Å². The van der Waals surface area contributed by atoms with E-state index >= 15 is 0 Å². The summed E-state index contributed by atoms with van der Waals surface area (Å²) in [5, 5.41) is 3.96. The van der Waals surface area contributed by atoms with Crippen LogP contribution in [0.3, 0.4) is 0 Å². The van der Waals surface area contributed by atoms with Crippen molar-refractivity contribution in [3.63, 3.8) is 0 Å². The Morgan fingerprint density at radius 3 is 2.14 bits per heavy atom. The van der Waals surface area contributed by atoms with Crippen LogP contribution in [-0.2, 0) is 11.6 Å². The summed E-state index contributed by atoms with van der Waals surface area (Å²) in [6.45, 7) is 5.69. The quantitative estimate of drug-likeness (QED) is 0.784. The molecule has 0 amide bonds. The van der Waals surface area contributed by atoms with E-state index in [1.807, 2.05) is 20.8 Å². The van der Waals surface area contributed by atoms with Crippen LogP contribution in [0, 0.1) is 0 Å². The molecule has 21 heavy (non-hydrogen) atoms. The summed E-state index contributed by atoms with van der Waals surface area (Å²) < 4.78 is 41.3. The van der Waals surface area contributed by atoms with E-state index in [0.29, 0.717) is 10.6 Å². The maximum atomic E-state index is 12.5. The zero-order valence-electron chi connectivity index (χ0n) is 11.7. The number of alkyl halides is 3. The topological polar surface area (TPSA) is 42.9 Å². The van der Waals surface area contributed by atoms with Gasteiger partial charge in [0.1, 0.15) is 4.88 Å². The Kier molecular flexibility index (Phi) is 3.88. The second-order valence-corrected chi connectivity index (χ2v) is 6.36.